The Balaban J connectivity index is 2.48. The molecule has 0 aromatic heterocycles. The van der Waals surface area contributed by atoms with Crippen LogP contribution in [0.3, 0.4) is 0 Å². The first kappa shape index (κ1) is 16.0. The summed E-state index contributed by atoms with van der Waals surface area (Å²) in [5, 5.41) is 2.74. The van der Waals surface area contributed by atoms with E-state index in [1.54, 1.807) is 12.1 Å². The summed E-state index contributed by atoms with van der Waals surface area (Å²) in [6.07, 6.45) is 0.839. The predicted octanol–water partition coefficient (Wildman–Crippen LogP) is 1.82. The molecule has 0 aliphatic rings. The van der Waals surface area contributed by atoms with E-state index in [9.17, 15) is 9.59 Å². The van der Waals surface area contributed by atoms with Crippen LogP contribution >= 0.6 is 0 Å². The zero-order chi connectivity index (χ0) is 15.1. The molecule has 0 unspecified atom stereocenters. The lowest BCUT2D eigenvalue weighted by atomic mass is 10.2. The fraction of sp³-hybridized carbons (Fsp3) is 0.467. The van der Waals surface area contributed by atoms with E-state index in [0.717, 1.165) is 12.1 Å². The van der Waals surface area contributed by atoms with Crippen molar-refractivity contribution >= 4 is 17.6 Å². The monoisotopic (exact) mass is 278 g/mol. The second-order valence-electron chi connectivity index (χ2n) is 4.89. The maximum atomic E-state index is 11.8. The lowest BCUT2D eigenvalue weighted by Crippen LogP contribution is -2.35. The first-order chi connectivity index (χ1) is 9.43. The minimum absolute atomic E-state index is 0.0839. The Kier molecular flexibility index (Phi) is 6.03. The van der Waals surface area contributed by atoms with Gasteiger partial charge in [0.05, 0.1) is 5.56 Å². The van der Waals surface area contributed by atoms with Gasteiger partial charge in [0.1, 0.15) is 0 Å². The number of hydrogen-bond acceptors (Lipinski definition) is 4. The highest BCUT2D eigenvalue weighted by molar-refractivity contribution is 5.91. The van der Waals surface area contributed by atoms with Crippen LogP contribution in [0, 0.1) is 0 Å². The SMILES string of the molecule is CC[C@H](C)NC(=O)COC(=O)c1ccc(N(C)C)cc1. The van der Waals surface area contributed by atoms with E-state index < -0.39 is 5.97 Å². The molecule has 0 spiro atoms. The lowest BCUT2D eigenvalue weighted by Gasteiger charge is -2.13. The molecular formula is C15H22N2O3. The minimum Gasteiger partial charge on any atom is -0.452 e. The van der Waals surface area contributed by atoms with Crippen LogP contribution in [-0.2, 0) is 9.53 Å². The van der Waals surface area contributed by atoms with Crippen molar-refractivity contribution < 1.29 is 14.3 Å². The van der Waals surface area contributed by atoms with Gasteiger partial charge in [-0.05, 0) is 37.6 Å². The number of hydrogen-bond donors (Lipinski definition) is 1. The molecule has 1 aromatic rings. The van der Waals surface area contributed by atoms with Gasteiger partial charge in [-0.25, -0.2) is 4.79 Å². The van der Waals surface area contributed by atoms with Crippen LogP contribution in [-0.4, -0.2) is 38.6 Å². The van der Waals surface area contributed by atoms with Crippen LogP contribution in [0.25, 0.3) is 0 Å². The molecule has 0 radical (unpaired) electrons. The Bertz CT molecular complexity index is 455. The summed E-state index contributed by atoms with van der Waals surface area (Å²) in [6.45, 7) is 3.63. The number of nitrogens with one attached hydrogen (secondary N) is 1. The summed E-state index contributed by atoms with van der Waals surface area (Å²) in [5.74, 6) is -0.771. The topological polar surface area (TPSA) is 58.6 Å². The number of esters is 1. The predicted molar refractivity (Wildman–Crippen MR) is 78.9 cm³/mol. The molecule has 1 aromatic carbocycles. The number of benzene rings is 1. The molecule has 1 atom stereocenters. The van der Waals surface area contributed by atoms with Gasteiger partial charge in [0, 0.05) is 25.8 Å². The normalized spacial score (nSPS) is 11.6. The van der Waals surface area contributed by atoms with Crippen LogP contribution in [0.5, 0.6) is 0 Å². The van der Waals surface area contributed by atoms with Crippen LogP contribution in [0.2, 0.25) is 0 Å². The number of ether oxygens (including phenoxy) is 1. The zero-order valence-electron chi connectivity index (χ0n) is 12.5. The average molecular weight is 278 g/mol. The highest BCUT2D eigenvalue weighted by atomic mass is 16.5. The third-order valence-corrected chi connectivity index (χ3v) is 2.97. The number of nitrogens with zero attached hydrogens (tertiary/aromatic N) is 1. The van der Waals surface area contributed by atoms with Gasteiger partial charge < -0.3 is 15.0 Å². The molecule has 5 nitrogen and oxygen atoms in total. The summed E-state index contributed by atoms with van der Waals surface area (Å²) >= 11 is 0. The molecule has 0 bridgehead atoms. The molecule has 0 aliphatic carbocycles. The van der Waals surface area contributed by atoms with Gasteiger partial charge in [0.15, 0.2) is 6.61 Å². The Morgan fingerprint density at radius 2 is 1.85 bits per heavy atom. The summed E-state index contributed by atoms with van der Waals surface area (Å²) in [4.78, 5) is 25.2. The van der Waals surface area contributed by atoms with E-state index in [1.165, 1.54) is 0 Å². The third kappa shape index (κ3) is 4.91. The fourth-order valence-electron chi connectivity index (χ4n) is 1.53. The lowest BCUT2D eigenvalue weighted by molar-refractivity contribution is -0.124. The van der Waals surface area contributed by atoms with E-state index in [-0.39, 0.29) is 18.6 Å². The van der Waals surface area contributed by atoms with Crippen molar-refractivity contribution in [2.75, 3.05) is 25.6 Å². The smallest absolute Gasteiger partial charge is 0.338 e. The maximum Gasteiger partial charge on any atom is 0.338 e. The maximum absolute atomic E-state index is 11.8. The van der Waals surface area contributed by atoms with Crippen LogP contribution < -0.4 is 10.2 Å². The molecule has 1 rings (SSSR count). The van der Waals surface area contributed by atoms with Crippen LogP contribution in [0.15, 0.2) is 24.3 Å². The molecule has 0 heterocycles. The Labute approximate surface area is 119 Å². The molecule has 0 fully saturated rings. The van der Waals surface area contributed by atoms with E-state index in [0.29, 0.717) is 5.56 Å². The molecule has 5 heteroatoms. The minimum atomic E-state index is -0.491. The van der Waals surface area contributed by atoms with Crippen molar-refractivity contribution in [1.29, 1.82) is 0 Å². The van der Waals surface area contributed by atoms with Crippen molar-refractivity contribution in [3.63, 3.8) is 0 Å². The number of rotatable bonds is 6. The average Bonchev–Trinajstić information content (AvgIpc) is 2.44. The van der Waals surface area contributed by atoms with Crippen molar-refractivity contribution in [3.05, 3.63) is 29.8 Å². The summed E-state index contributed by atoms with van der Waals surface area (Å²) in [5.41, 5.74) is 1.43. The summed E-state index contributed by atoms with van der Waals surface area (Å²) in [6, 6.07) is 7.11. The van der Waals surface area contributed by atoms with Crippen LogP contribution in [0.1, 0.15) is 30.6 Å². The third-order valence-electron chi connectivity index (χ3n) is 2.97. The molecule has 0 aliphatic heterocycles. The van der Waals surface area contributed by atoms with Gasteiger partial charge >= 0.3 is 5.97 Å². The van der Waals surface area contributed by atoms with E-state index in [4.69, 9.17) is 4.74 Å². The van der Waals surface area contributed by atoms with Gasteiger partial charge in [-0.1, -0.05) is 6.92 Å². The van der Waals surface area contributed by atoms with Gasteiger partial charge in [-0.3, -0.25) is 4.79 Å². The second-order valence-corrected chi connectivity index (χ2v) is 4.89. The molecule has 0 saturated heterocycles. The van der Waals surface area contributed by atoms with E-state index >= 15 is 0 Å². The summed E-state index contributed by atoms with van der Waals surface area (Å²) in [7, 11) is 3.85. The number of amides is 1. The first-order valence-corrected chi connectivity index (χ1v) is 6.68. The van der Waals surface area contributed by atoms with Gasteiger partial charge in [0.25, 0.3) is 5.91 Å². The first-order valence-electron chi connectivity index (χ1n) is 6.68. The number of carbonyl (C=O) groups is 2. The van der Waals surface area contributed by atoms with Gasteiger partial charge in [-0.15, -0.1) is 0 Å². The molecular weight excluding hydrogens is 256 g/mol. The highest BCUT2D eigenvalue weighted by Gasteiger charge is 2.11. The Hall–Kier alpha value is -2.04. The van der Waals surface area contributed by atoms with Crippen molar-refractivity contribution in [2.24, 2.45) is 0 Å². The summed E-state index contributed by atoms with van der Waals surface area (Å²) < 4.78 is 4.97. The van der Waals surface area contributed by atoms with E-state index in [2.05, 4.69) is 5.32 Å². The molecule has 1 N–H and O–H groups in total. The highest BCUT2D eigenvalue weighted by Crippen LogP contribution is 2.12. The van der Waals surface area contributed by atoms with Gasteiger partial charge in [-0.2, -0.15) is 0 Å². The Morgan fingerprint density at radius 1 is 1.25 bits per heavy atom. The standard InChI is InChI=1S/C15H22N2O3/c1-5-11(2)16-14(18)10-20-15(19)12-6-8-13(9-7-12)17(3)4/h6-9,11H,5,10H2,1-4H3,(H,16,18)/t11-/m0/s1. The molecule has 0 saturated carbocycles. The van der Waals surface area contributed by atoms with Crippen molar-refractivity contribution in [2.45, 2.75) is 26.3 Å². The Morgan fingerprint density at radius 3 is 2.35 bits per heavy atom. The fourth-order valence-corrected chi connectivity index (χ4v) is 1.53. The number of carbonyl (C=O) groups excluding carboxylic acids is 2. The van der Waals surface area contributed by atoms with Crippen LogP contribution in [0.4, 0.5) is 5.69 Å². The van der Waals surface area contributed by atoms with Crippen molar-refractivity contribution in [1.82, 2.24) is 5.32 Å². The van der Waals surface area contributed by atoms with E-state index in [1.807, 2.05) is 45.0 Å². The molecule has 110 valence electrons. The molecule has 20 heavy (non-hydrogen) atoms. The van der Waals surface area contributed by atoms with Gasteiger partial charge in [0.2, 0.25) is 0 Å². The second kappa shape index (κ2) is 7.53. The largest absolute Gasteiger partial charge is 0.452 e. The molecule has 1 amide bonds. The number of anilines is 1. The van der Waals surface area contributed by atoms with Crippen molar-refractivity contribution in [3.8, 4) is 0 Å². The quantitative estimate of drug-likeness (QED) is 0.806. The zero-order valence-corrected chi connectivity index (χ0v) is 12.5.